The first-order valence-corrected chi connectivity index (χ1v) is 6.01. The average molecular weight is 246 g/mol. The molecule has 1 heterocycles. The lowest BCUT2D eigenvalue weighted by molar-refractivity contribution is 0.184. The summed E-state index contributed by atoms with van der Waals surface area (Å²) >= 11 is 0. The number of ether oxygens (including phenoxy) is 1. The maximum Gasteiger partial charge on any atom is 0.137 e. The summed E-state index contributed by atoms with van der Waals surface area (Å²) in [6.45, 7) is 2.37. The zero-order valence-electron chi connectivity index (χ0n) is 10.5. The van der Waals surface area contributed by atoms with Crippen molar-refractivity contribution < 1.29 is 4.74 Å². The Balaban J connectivity index is 1.79. The predicted octanol–water partition coefficient (Wildman–Crippen LogP) is 1.28. The highest BCUT2D eigenvalue weighted by molar-refractivity contribution is 5.26. The smallest absolute Gasteiger partial charge is 0.137 e. The maximum atomic E-state index is 5.18. The van der Waals surface area contributed by atoms with Gasteiger partial charge in [0.1, 0.15) is 12.2 Å². The van der Waals surface area contributed by atoms with E-state index in [0.29, 0.717) is 6.61 Å². The van der Waals surface area contributed by atoms with Crippen molar-refractivity contribution in [3.8, 4) is 0 Å². The van der Waals surface area contributed by atoms with Gasteiger partial charge in [0.25, 0.3) is 0 Å². The van der Waals surface area contributed by atoms with Gasteiger partial charge in [-0.2, -0.15) is 5.10 Å². The summed E-state index contributed by atoms with van der Waals surface area (Å²) in [5, 5.41) is 10.1. The lowest BCUT2D eigenvalue weighted by Gasteiger charge is -2.09. The molecular weight excluding hydrogens is 228 g/mol. The van der Waals surface area contributed by atoms with Crippen LogP contribution in [-0.4, -0.2) is 28.8 Å². The highest BCUT2D eigenvalue weighted by atomic mass is 16.5. The van der Waals surface area contributed by atoms with E-state index in [1.807, 2.05) is 12.1 Å². The van der Waals surface area contributed by atoms with Crippen molar-refractivity contribution in [2.24, 2.45) is 0 Å². The Kier molecular flexibility index (Phi) is 4.87. The first kappa shape index (κ1) is 12.7. The molecule has 0 aliphatic carbocycles. The lowest BCUT2D eigenvalue weighted by Crippen LogP contribution is -2.18. The quantitative estimate of drug-likeness (QED) is 0.722. The Labute approximate surface area is 107 Å². The molecule has 96 valence electrons. The van der Waals surface area contributed by atoms with Gasteiger partial charge in [0.15, 0.2) is 0 Å². The van der Waals surface area contributed by atoms with E-state index in [4.69, 9.17) is 4.74 Å². The average Bonchev–Trinajstić information content (AvgIpc) is 2.90. The van der Waals surface area contributed by atoms with Crippen LogP contribution in [0.15, 0.2) is 30.6 Å². The second kappa shape index (κ2) is 6.88. The Bertz CT molecular complexity index is 456. The van der Waals surface area contributed by atoms with Crippen LogP contribution in [0.25, 0.3) is 0 Å². The minimum atomic E-state index is 0.653. The third kappa shape index (κ3) is 3.65. The molecule has 2 rings (SSSR count). The number of aromatic amines is 1. The second-order valence-electron chi connectivity index (χ2n) is 4.06. The molecule has 0 bridgehead atoms. The van der Waals surface area contributed by atoms with Gasteiger partial charge in [-0.15, -0.1) is 0 Å². The van der Waals surface area contributed by atoms with Gasteiger partial charge in [0.2, 0.25) is 0 Å². The molecule has 5 nitrogen and oxygen atoms in total. The van der Waals surface area contributed by atoms with E-state index >= 15 is 0 Å². The number of hydrogen-bond donors (Lipinski definition) is 2. The summed E-state index contributed by atoms with van der Waals surface area (Å²) in [6, 6.07) is 8.30. The predicted molar refractivity (Wildman–Crippen MR) is 68.9 cm³/mol. The van der Waals surface area contributed by atoms with Gasteiger partial charge >= 0.3 is 0 Å². The standard InChI is InChI=1S/C13H18N4O/c1-18-9-12-5-3-2-4-11(12)8-14-7-6-13-15-10-16-17-13/h2-5,10,14H,6-9H2,1H3,(H,15,16,17). The Morgan fingerprint density at radius 1 is 1.28 bits per heavy atom. The van der Waals surface area contributed by atoms with Crippen molar-refractivity contribution in [2.75, 3.05) is 13.7 Å². The van der Waals surface area contributed by atoms with Gasteiger partial charge < -0.3 is 10.1 Å². The summed E-state index contributed by atoms with van der Waals surface area (Å²) < 4.78 is 5.18. The highest BCUT2D eigenvalue weighted by Gasteiger charge is 2.01. The number of methoxy groups -OCH3 is 1. The summed E-state index contributed by atoms with van der Waals surface area (Å²) in [5.41, 5.74) is 2.50. The number of H-pyrrole nitrogens is 1. The number of hydrogen-bond acceptors (Lipinski definition) is 4. The Morgan fingerprint density at radius 3 is 2.83 bits per heavy atom. The number of nitrogens with zero attached hydrogens (tertiary/aromatic N) is 2. The SMILES string of the molecule is COCc1ccccc1CNCCc1ncn[nH]1. The van der Waals surface area contributed by atoms with Crippen LogP contribution < -0.4 is 5.32 Å². The summed E-state index contributed by atoms with van der Waals surface area (Å²) in [5.74, 6) is 0.910. The third-order valence-electron chi connectivity index (χ3n) is 2.74. The zero-order chi connectivity index (χ0) is 12.6. The first-order valence-electron chi connectivity index (χ1n) is 6.01. The fourth-order valence-electron chi connectivity index (χ4n) is 1.81. The highest BCUT2D eigenvalue weighted by Crippen LogP contribution is 2.09. The maximum absolute atomic E-state index is 5.18. The molecule has 2 aromatic rings. The molecule has 0 radical (unpaired) electrons. The van der Waals surface area contributed by atoms with Crippen LogP contribution in [-0.2, 0) is 24.3 Å². The number of rotatable bonds is 7. The topological polar surface area (TPSA) is 62.8 Å². The monoisotopic (exact) mass is 246 g/mol. The van der Waals surface area contributed by atoms with Gasteiger partial charge in [-0.3, -0.25) is 5.10 Å². The molecule has 0 unspecified atom stereocenters. The van der Waals surface area contributed by atoms with Crippen LogP contribution >= 0.6 is 0 Å². The minimum Gasteiger partial charge on any atom is -0.380 e. The number of benzene rings is 1. The van der Waals surface area contributed by atoms with Gasteiger partial charge in [0.05, 0.1) is 6.61 Å². The molecule has 0 saturated heterocycles. The molecule has 0 saturated carbocycles. The van der Waals surface area contributed by atoms with Crippen LogP contribution in [0.3, 0.4) is 0 Å². The third-order valence-corrected chi connectivity index (χ3v) is 2.74. The normalized spacial score (nSPS) is 10.7. The summed E-state index contributed by atoms with van der Waals surface area (Å²) in [7, 11) is 1.72. The van der Waals surface area contributed by atoms with Crippen LogP contribution in [0.2, 0.25) is 0 Å². The molecular formula is C13H18N4O. The fourth-order valence-corrected chi connectivity index (χ4v) is 1.81. The Hall–Kier alpha value is -1.72. The summed E-state index contributed by atoms with van der Waals surface area (Å²) in [4.78, 5) is 4.08. The molecule has 1 aromatic carbocycles. The van der Waals surface area contributed by atoms with Crippen molar-refractivity contribution >= 4 is 0 Å². The van der Waals surface area contributed by atoms with Crippen LogP contribution in [0.1, 0.15) is 17.0 Å². The molecule has 0 aliphatic heterocycles. The van der Waals surface area contributed by atoms with Gasteiger partial charge in [-0.05, 0) is 11.1 Å². The largest absolute Gasteiger partial charge is 0.380 e. The summed E-state index contributed by atoms with van der Waals surface area (Å²) in [6.07, 6.45) is 2.38. The molecule has 5 heteroatoms. The molecule has 0 spiro atoms. The van der Waals surface area contributed by atoms with Gasteiger partial charge in [-0.1, -0.05) is 24.3 Å². The second-order valence-corrected chi connectivity index (χ2v) is 4.06. The first-order chi connectivity index (χ1) is 8.90. The van der Waals surface area contributed by atoms with E-state index in [2.05, 4.69) is 32.6 Å². The molecule has 0 fully saturated rings. The Morgan fingerprint density at radius 2 is 2.11 bits per heavy atom. The van der Waals surface area contributed by atoms with E-state index in [-0.39, 0.29) is 0 Å². The zero-order valence-corrected chi connectivity index (χ0v) is 10.5. The lowest BCUT2D eigenvalue weighted by atomic mass is 10.1. The molecule has 0 aliphatic rings. The van der Waals surface area contributed by atoms with Crippen molar-refractivity contribution in [1.29, 1.82) is 0 Å². The molecule has 0 amide bonds. The molecule has 1 aromatic heterocycles. The van der Waals surface area contributed by atoms with E-state index in [1.54, 1.807) is 7.11 Å². The van der Waals surface area contributed by atoms with Crippen molar-refractivity contribution in [3.63, 3.8) is 0 Å². The van der Waals surface area contributed by atoms with Gasteiger partial charge in [-0.25, -0.2) is 4.98 Å². The molecule has 0 atom stereocenters. The molecule has 2 N–H and O–H groups in total. The van der Waals surface area contributed by atoms with Crippen LogP contribution in [0.5, 0.6) is 0 Å². The van der Waals surface area contributed by atoms with Crippen molar-refractivity contribution in [3.05, 3.63) is 47.5 Å². The van der Waals surface area contributed by atoms with E-state index < -0.39 is 0 Å². The van der Waals surface area contributed by atoms with E-state index in [0.717, 1.165) is 25.3 Å². The van der Waals surface area contributed by atoms with Crippen molar-refractivity contribution in [2.45, 2.75) is 19.6 Å². The van der Waals surface area contributed by atoms with Crippen LogP contribution in [0, 0.1) is 0 Å². The van der Waals surface area contributed by atoms with Crippen molar-refractivity contribution in [1.82, 2.24) is 20.5 Å². The number of nitrogens with one attached hydrogen (secondary N) is 2. The minimum absolute atomic E-state index is 0.653. The number of aromatic nitrogens is 3. The van der Waals surface area contributed by atoms with E-state index in [1.165, 1.54) is 17.5 Å². The van der Waals surface area contributed by atoms with E-state index in [9.17, 15) is 0 Å². The van der Waals surface area contributed by atoms with Crippen LogP contribution in [0.4, 0.5) is 0 Å². The van der Waals surface area contributed by atoms with Gasteiger partial charge in [0, 0.05) is 26.6 Å². The molecule has 18 heavy (non-hydrogen) atoms. The fraction of sp³-hybridized carbons (Fsp3) is 0.385.